The number of allylic oxidation sites excluding steroid dienone is 5. The molecule has 0 spiro atoms. The minimum atomic E-state index is 1.10. The maximum atomic E-state index is 2.53. The predicted molar refractivity (Wildman–Crippen MR) is 211 cm³/mol. The van der Waals surface area contributed by atoms with E-state index in [-0.39, 0.29) is 0 Å². The molecule has 1 aromatic heterocycles. The van der Waals surface area contributed by atoms with Gasteiger partial charge in [-0.3, -0.25) is 0 Å². The van der Waals surface area contributed by atoms with Gasteiger partial charge in [-0.2, -0.15) is 0 Å². The van der Waals surface area contributed by atoms with Gasteiger partial charge in [-0.1, -0.05) is 155 Å². The SMILES string of the molecule is CCCCCCc1cc(/C=C/c2ccc(-c3ccc(C)cc3)s2)c(CCCCCC)cc1/C=C/C1=CC=C(c2ccc(C)cc2)CC1. The summed E-state index contributed by atoms with van der Waals surface area (Å²) in [5.41, 5.74) is 14.0. The molecule has 244 valence electrons. The van der Waals surface area contributed by atoms with Crippen LogP contribution in [0.2, 0.25) is 0 Å². The van der Waals surface area contributed by atoms with Crippen LogP contribution in [0.25, 0.3) is 34.2 Å². The normalized spacial score (nSPS) is 13.4. The van der Waals surface area contributed by atoms with Gasteiger partial charge in [-0.05, 0) is 115 Å². The molecular formula is C46H54S. The monoisotopic (exact) mass is 638 g/mol. The summed E-state index contributed by atoms with van der Waals surface area (Å²) in [6, 6.07) is 27.5. The van der Waals surface area contributed by atoms with Crippen LogP contribution in [-0.2, 0) is 12.8 Å². The Morgan fingerprint density at radius 3 is 1.68 bits per heavy atom. The Balaban J connectivity index is 1.41. The van der Waals surface area contributed by atoms with Gasteiger partial charge < -0.3 is 0 Å². The fraction of sp³-hybridized carbons (Fsp3) is 0.348. The van der Waals surface area contributed by atoms with Crippen LogP contribution in [0, 0.1) is 13.8 Å². The first-order valence-electron chi connectivity index (χ1n) is 18.2. The second-order valence-electron chi connectivity index (χ2n) is 13.4. The van der Waals surface area contributed by atoms with Crippen molar-refractivity contribution in [3.8, 4) is 10.4 Å². The molecule has 0 atom stereocenters. The summed E-state index contributed by atoms with van der Waals surface area (Å²) in [6.45, 7) is 8.91. The summed E-state index contributed by atoms with van der Waals surface area (Å²) in [7, 11) is 0. The lowest BCUT2D eigenvalue weighted by Crippen LogP contribution is -1.98. The molecule has 0 aliphatic heterocycles. The summed E-state index contributed by atoms with van der Waals surface area (Å²) >= 11 is 1.88. The number of hydrogen-bond acceptors (Lipinski definition) is 1. The zero-order valence-electron chi connectivity index (χ0n) is 29.3. The number of aryl methyl sites for hydroxylation is 4. The lowest BCUT2D eigenvalue weighted by molar-refractivity contribution is 0.663. The van der Waals surface area contributed by atoms with Crippen molar-refractivity contribution in [2.45, 2.75) is 105 Å². The third-order valence-electron chi connectivity index (χ3n) is 9.47. The van der Waals surface area contributed by atoms with Crippen molar-refractivity contribution in [1.82, 2.24) is 0 Å². The number of benzene rings is 3. The molecule has 1 aliphatic rings. The molecule has 0 saturated carbocycles. The molecule has 47 heavy (non-hydrogen) atoms. The Kier molecular flexibility index (Phi) is 13.3. The first-order chi connectivity index (χ1) is 23.0. The standard InChI is InChI=1S/C46H54S/c1-5-7-9-11-13-41-34-44(29-30-45-31-32-46(47-45)40-24-17-36(4)18-25-40)42(14-12-10-8-6-2)33-43(41)28-21-37-19-26-39(27-20-37)38-22-15-35(3)16-23-38/h15-19,21-26,28-34H,5-14,20,27H2,1-4H3/b28-21+,30-29+. The summed E-state index contributed by atoms with van der Waals surface area (Å²) in [6.07, 6.45) is 29.0. The molecule has 5 rings (SSSR count). The van der Waals surface area contributed by atoms with E-state index in [1.165, 1.54) is 117 Å². The highest BCUT2D eigenvalue weighted by Gasteiger charge is 2.11. The van der Waals surface area contributed by atoms with Crippen LogP contribution < -0.4 is 0 Å². The fourth-order valence-corrected chi connectivity index (χ4v) is 7.36. The van der Waals surface area contributed by atoms with Gasteiger partial charge in [0.05, 0.1) is 0 Å². The summed E-state index contributed by atoms with van der Waals surface area (Å²) in [4.78, 5) is 2.65. The Morgan fingerprint density at radius 2 is 1.13 bits per heavy atom. The molecule has 0 amide bonds. The van der Waals surface area contributed by atoms with E-state index in [9.17, 15) is 0 Å². The second-order valence-corrected chi connectivity index (χ2v) is 14.5. The highest BCUT2D eigenvalue weighted by molar-refractivity contribution is 7.16. The van der Waals surface area contributed by atoms with E-state index in [0.29, 0.717) is 0 Å². The van der Waals surface area contributed by atoms with Crippen LogP contribution >= 0.6 is 11.3 Å². The van der Waals surface area contributed by atoms with Gasteiger partial charge in [0.2, 0.25) is 0 Å². The average molecular weight is 639 g/mol. The zero-order valence-corrected chi connectivity index (χ0v) is 30.1. The summed E-state index contributed by atoms with van der Waals surface area (Å²) < 4.78 is 0. The quantitative estimate of drug-likeness (QED) is 0.107. The molecule has 1 aliphatic carbocycles. The van der Waals surface area contributed by atoms with Crippen LogP contribution in [0.4, 0.5) is 0 Å². The van der Waals surface area contributed by atoms with Crippen molar-refractivity contribution >= 4 is 35.1 Å². The zero-order chi connectivity index (χ0) is 32.8. The molecule has 0 fully saturated rings. The second kappa shape index (κ2) is 18.0. The third-order valence-corrected chi connectivity index (χ3v) is 10.6. The number of unbranched alkanes of at least 4 members (excludes halogenated alkanes) is 6. The summed E-state index contributed by atoms with van der Waals surface area (Å²) in [5.74, 6) is 0. The molecule has 0 unspecified atom stereocenters. The molecule has 0 bridgehead atoms. The highest BCUT2D eigenvalue weighted by atomic mass is 32.1. The molecule has 0 nitrogen and oxygen atoms in total. The lowest BCUT2D eigenvalue weighted by Gasteiger charge is -2.15. The van der Waals surface area contributed by atoms with Gasteiger partial charge in [0.15, 0.2) is 0 Å². The van der Waals surface area contributed by atoms with Crippen LogP contribution in [-0.4, -0.2) is 0 Å². The minimum absolute atomic E-state index is 1.10. The molecule has 3 aromatic carbocycles. The van der Waals surface area contributed by atoms with Gasteiger partial charge in [0, 0.05) is 9.75 Å². The first kappa shape index (κ1) is 34.6. The van der Waals surface area contributed by atoms with E-state index in [1.54, 1.807) is 0 Å². The van der Waals surface area contributed by atoms with Crippen molar-refractivity contribution in [3.05, 3.63) is 140 Å². The van der Waals surface area contributed by atoms with Crippen molar-refractivity contribution in [3.63, 3.8) is 0 Å². The van der Waals surface area contributed by atoms with E-state index in [0.717, 1.165) is 25.7 Å². The average Bonchev–Trinajstić information content (AvgIpc) is 3.57. The summed E-state index contributed by atoms with van der Waals surface area (Å²) in [5, 5.41) is 0. The molecular weight excluding hydrogens is 585 g/mol. The topological polar surface area (TPSA) is 0 Å². The van der Waals surface area contributed by atoms with Gasteiger partial charge in [-0.15, -0.1) is 11.3 Å². The number of thiophene rings is 1. The van der Waals surface area contributed by atoms with Crippen molar-refractivity contribution in [1.29, 1.82) is 0 Å². The maximum Gasteiger partial charge on any atom is 0.0349 e. The maximum absolute atomic E-state index is 2.53. The van der Waals surface area contributed by atoms with E-state index in [1.807, 2.05) is 11.3 Å². The van der Waals surface area contributed by atoms with Gasteiger partial charge in [0.1, 0.15) is 0 Å². The van der Waals surface area contributed by atoms with Gasteiger partial charge in [0.25, 0.3) is 0 Å². The van der Waals surface area contributed by atoms with E-state index in [4.69, 9.17) is 0 Å². The Labute approximate surface area is 289 Å². The predicted octanol–water partition coefficient (Wildman–Crippen LogP) is 14.3. The van der Waals surface area contributed by atoms with Crippen LogP contribution in [0.5, 0.6) is 0 Å². The fourth-order valence-electron chi connectivity index (χ4n) is 6.44. The number of rotatable bonds is 16. The Hall–Kier alpha value is -3.68. The number of hydrogen-bond donors (Lipinski definition) is 0. The van der Waals surface area contributed by atoms with E-state index in [2.05, 4.69) is 137 Å². The lowest BCUT2D eigenvalue weighted by atomic mass is 9.90. The molecule has 0 radical (unpaired) electrons. The van der Waals surface area contributed by atoms with E-state index < -0.39 is 0 Å². The smallest absolute Gasteiger partial charge is 0.0349 e. The minimum Gasteiger partial charge on any atom is -0.136 e. The van der Waals surface area contributed by atoms with Gasteiger partial charge in [-0.25, -0.2) is 0 Å². The highest BCUT2D eigenvalue weighted by Crippen LogP contribution is 2.32. The van der Waals surface area contributed by atoms with Crippen LogP contribution in [0.3, 0.4) is 0 Å². The van der Waals surface area contributed by atoms with Crippen LogP contribution in [0.1, 0.15) is 122 Å². The van der Waals surface area contributed by atoms with Crippen molar-refractivity contribution < 1.29 is 0 Å². The molecule has 0 saturated heterocycles. The Morgan fingerprint density at radius 1 is 0.553 bits per heavy atom. The van der Waals surface area contributed by atoms with Gasteiger partial charge >= 0.3 is 0 Å². The van der Waals surface area contributed by atoms with E-state index >= 15 is 0 Å². The molecule has 1 heteroatoms. The molecule has 0 N–H and O–H groups in total. The van der Waals surface area contributed by atoms with Crippen molar-refractivity contribution in [2.75, 3.05) is 0 Å². The molecule has 1 heterocycles. The van der Waals surface area contributed by atoms with Crippen LogP contribution in [0.15, 0.2) is 96.6 Å². The van der Waals surface area contributed by atoms with Crippen molar-refractivity contribution in [2.24, 2.45) is 0 Å². The first-order valence-corrected chi connectivity index (χ1v) is 19.0. The largest absolute Gasteiger partial charge is 0.136 e. The Bertz CT molecular complexity index is 1680. The third kappa shape index (κ3) is 10.4. The molecule has 4 aromatic rings.